The van der Waals surface area contributed by atoms with Crippen LogP contribution in [-0.4, -0.2) is 28.6 Å². The Morgan fingerprint density at radius 2 is 2.33 bits per heavy atom. The van der Waals surface area contributed by atoms with Gasteiger partial charge in [0.25, 0.3) is 0 Å². The fourth-order valence-corrected chi connectivity index (χ4v) is 2.88. The summed E-state index contributed by atoms with van der Waals surface area (Å²) >= 11 is 3.12. The van der Waals surface area contributed by atoms with E-state index in [0.29, 0.717) is 12.3 Å². The quantitative estimate of drug-likeness (QED) is 0.789. The summed E-state index contributed by atoms with van der Waals surface area (Å²) in [4.78, 5) is 17.9. The van der Waals surface area contributed by atoms with Gasteiger partial charge in [-0.25, -0.2) is 4.98 Å². The molecule has 0 radical (unpaired) electrons. The molecule has 2 aromatic rings. The average molecular weight is 278 g/mol. The van der Waals surface area contributed by atoms with Crippen LogP contribution in [0.5, 0.6) is 0 Å². The zero-order chi connectivity index (χ0) is 12.8. The first-order valence-corrected chi connectivity index (χ1v) is 7.47. The molecular weight excluding hydrogens is 264 g/mol. The summed E-state index contributed by atoms with van der Waals surface area (Å²) in [5.74, 6) is 0.550. The Bertz CT molecular complexity index is 485. The van der Waals surface area contributed by atoms with Gasteiger partial charge in [-0.15, -0.1) is 0 Å². The molecule has 3 nitrogen and oxygen atoms in total. The van der Waals surface area contributed by atoms with Crippen LogP contribution in [0.15, 0.2) is 46.2 Å². The second kappa shape index (κ2) is 6.56. The van der Waals surface area contributed by atoms with Crippen LogP contribution in [0.1, 0.15) is 5.56 Å². The molecule has 2 rings (SSSR count). The summed E-state index contributed by atoms with van der Waals surface area (Å²) in [5.41, 5.74) is 1.18. The van der Waals surface area contributed by atoms with E-state index in [2.05, 4.69) is 10.4 Å². The molecule has 94 valence electrons. The highest BCUT2D eigenvalue weighted by Crippen LogP contribution is 2.15. The van der Waals surface area contributed by atoms with Crippen molar-refractivity contribution in [3.8, 4) is 0 Å². The van der Waals surface area contributed by atoms with E-state index in [1.165, 1.54) is 17.3 Å². The van der Waals surface area contributed by atoms with E-state index in [9.17, 15) is 4.79 Å². The molecule has 0 atom stereocenters. The van der Waals surface area contributed by atoms with Crippen LogP contribution < -0.4 is 0 Å². The number of hydrogen-bond acceptors (Lipinski definition) is 4. The number of thiophene rings is 1. The Hall–Kier alpha value is -1.33. The van der Waals surface area contributed by atoms with Gasteiger partial charge < -0.3 is 4.90 Å². The second-order valence-electron chi connectivity index (χ2n) is 3.84. The predicted molar refractivity (Wildman–Crippen MR) is 75.8 cm³/mol. The number of hydrogen-bond donors (Lipinski definition) is 0. The third-order valence-electron chi connectivity index (χ3n) is 2.41. The Morgan fingerprint density at radius 1 is 1.44 bits per heavy atom. The van der Waals surface area contributed by atoms with Gasteiger partial charge in [-0.3, -0.25) is 4.79 Å². The lowest BCUT2D eigenvalue weighted by atomic mass is 10.3. The lowest BCUT2D eigenvalue weighted by Gasteiger charge is -2.15. The van der Waals surface area contributed by atoms with Gasteiger partial charge in [-0.05, 0) is 34.5 Å². The molecular formula is C13H14N2OS2. The zero-order valence-corrected chi connectivity index (χ0v) is 11.7. The van der Waals surface area contributed by atoms with Crippen molar-refractivity contribution >= 4 is 29.0 Å². The molecule has 0 N–H and O–H groups in total. The van der Waals surface area contributed by atoms with E-state index in [1.807, 2.05) is 36.7 Å². The molecule has 2 heterocycles. The van der Waals surface area contributed by atoms with Crippen LogP contribution in [0.2, 0.25) is 0 Å². The number of thioether (sulfide) groups is 1. The maximum Gasteiger partial charge on any atom is 0.233 e. The summed E-state index contributed by atoms with van der Waals surface area (Å²) in [6.07, 6.45) is 1.74. The third-order valence-corrected chi connectivity index (χ3v) is 4.07. The van der Waals surface area contributed by atoms with Crippen molar-refractivity contribution in [3.05, 3.63) is 46.8 Å². The molecule has 0 saturated heterocycles. The first kappa shape index (κ1) is 13.1. The van der Waals surface area contributed by atoms with Gasteiger partial charge >= 0.3 is 0 Å². The van der Waals surface area contributed by atoms with E-state index in [0.717, 1.165) is 5.03 Å². The first-order valence-electron chi connectivity index (χ1n) is 5.54. The Labute approximate surface area is 115 Å². The minimum Gasteiger partial charge on any atom is -0.341 e. The van der Waals surface area contributed by atoms with E-state index < -0.39 is 0 Å². The molecule has 0 aliphatic rings. The van der Waals surface area contributed by atoms with E-state index in [4.69, 9.17) is 0 Å². The minimum absolute atomic E-state index is 0.122. The molecule has 0 spiro atoms. The molecule has 0 aliphatic heterocycles. The number of carbonyl (C=O) groups is 1. The summed E-state index contributed by atoms with van der Waals surface area (Å²) in [6.45, 7) is 0.672. The number of aromatic nitrogens is 1. The number of pyridine rings is 1. The van der Waals surface area contributed by atoms with Gasteiger partial charge in [0.15, 0.2) is 0 Å². The minimum atomic E-state index is 0.122. The van der Waals surface area contributed by atoms with Crippen LogP contribution in [0, 0.1) is 0 Å². The lowest BCUT2D eigenvalue weighted by Crippen LogP contribution is -2.27. The van der Waals surface area contributed by atoms with Crippen LogP contribution in [-0.2, 0) is 11.3 Å². The topological polar surface area (TPSA) is 33.2 Å². The van der Waals surface area contributed by atoms with Crippen LogP contribution in [0.3, 0.4) is 0 Å². The smallest absolute Gasteiger partial charge is 0.233 e. The van der Waals surface area contributed by atoms with Crippen molar-refractivity contribution in [3.63, 3.8) is 0 Å². The van der Waals surface area contributed by atoms with Crippen molar-refractivity contribution < 1.29 is 4.79 Å². The van der Waals surface area contributed by atoms with Crippen LogP contribution in [0.4, 0.5) is 0 Å². The number of amides is 1. The van der Waals surface area contributed by atoms with E-state index in [-0.39, 0.29) is 5.91 Å². The van der Waals surface area contributed by atoms with Gasteiger partial charge in [-0.1, -0.05) is 17.8 Å². The molecule has 0 aliphatic carbocycles. The SMILES string of the molecule is CN(Cc1ccsc1)C(=O)CSc1ccccn1. The largest absolute Gasteiger partial charge is 0.341 e. The number of rotatable bonds is 5. The maximum atomic E-state index is 11.9. The molecule has 18 heavy (non-hydrogen) atoms. The fraction of sp³-hybridized carbons (Fsp3) is 0.231. The molecule has 0 saturated carbocycles. The van der Waals surface area contributed by atoms with Crippen molar-refractivity contribution in [1.29, 1.82) is 0 Å². The Balaban J connectivity index is 1.81. The Kier molecular flexibility index (Phi) is 4.78. The van der Waals surface area contributed by atoms with Crippen molar-refractivity contribution in [1.82, 2.24) is 9.88 Å². The standard InChI is InChI=1S/C13H14N2OS2/c1-15(8-11-5-7-17-9-11)13(16)10-18-12-4-2-3-6-14-12/h2-7,9H,8,10H2,1H3. The zero-order valence-electron chi connectivity index (χ0n) is 10.1. The molecule has 5 heteroatoms. The molecule has 1 amide bonds. The third kappa shape index (κ3) is 3.85. The highest BCUT2D eigenvalue weighted by Gasteiger charge is 2.10. The summed E-state index contributed by atoms with van der Waals surface area (Å²) < 4.78 is 0. The van der Waals surface area contributed by atoms with Crippen molar-refractivity contribution in [2.75, 3.05) is 12.8 Å². The van der Waals surface area contributed by atoms with Gasteiger partial charge in [0.1, 0.15) is 0 Å². The van der Waals surface area contributed by atoms with Gasteiger partial charge in [0, 0.05) is 19.8 Å². The number of carbonyl (C=O) groups excluding carboxylic acids is 1. The Morgan fingerprint density at radius 3 is 3.00 bits per heavy atom. The molecule has 0 bridgehead atoms. The normalized spacial score (nSPS) is 10.3. The predicted octanol–water partition coefficient (Wildman–Crippen LogP) is 2.89. The monoisotopic (exact) mass is 278 g/mol. The molecule has 2 aromatic heterocycles. The maximum absolute atomic E-state index is 11.9. The van der Waals surface area contributed by atoms with Gasteiger partial charge in [-0.2, -0.15) is 11.3 Å². The first-order chi connectivity index (χ1) is 8.75. The molecule has 0 unspecified atom stereocenters. The summed E-state index contributed by atoms with van der Waals surface area (Å²) in [6, 6.07) is 7.75. The van der Waals surface area contributed by atoms with Crippen molar-refractivity contribution in [2.45, 2.75) is 11.6 Å². The van der Waals surface area contributed by atoms with E-state index >= 15 is 0 Å². The van der Waals surface area contributed by atoms with Gasteiger partial charge in [0.2, 0.25) is 5.91 Å². The highest BCUT2D eigenvalue weighted by atomic mass is 32.2. The second-order valence-corrected chi connectivity index (χ2v) is 5.61. The van der Waals surface area contributed by atoms with Crippen molar-refractivity contribution in [2.24, 2.45) is 0 Å². The summed E-state index contributed by atoms with van der Waals surface area (Å²) in [5, 5.41) is 4.97. The highest BCUT2D eigenvalue weighted by molar-refractivity contribution is 7.99. The van der Waals surface area contributed by atoms with Crippen LogP contribution in [0.25, 0.3) is 0 Å². The number of nitrogens with zero attached hydrogens (tertiary/aromatic N) is 2. The average Bonchev–Trinajstić information content (AvgIpc) is 2.90. The van der Waals surface area contributed by atoms with Gasteiger partial charge in [0.05, 0.1) is 10.8 Å². The fourth-order valence-electron chi connectivity index (χ4n) is 1.42. The molecule has 0 aromatic carbocycles. The van der Waals surface area contributed by atoms with E-state index in [1.54, 1.807) is 22.4 Å². The summed E-state index contributed by atoms with van der Waals surface area (Å²) in [7, 11) is 1.83. The lowest BCUT2D eigenvalue weighted by molar-refractivity contribution is -0.127. The molecule has 0 fully saturated rings. The van der Waals surface area contributed by atoms with Crippen LogP contribution >= 0.6 is 23.1 Å².